The van der Waals surface area contributed by atoms with E-state index >= 15 is 0 Å². The Morgan fingerprint density at radius 3 is 0.571 bits per heavy atom. The van der Waals surface area contributed by atoms with Gasteiger partial charge in [0.1, 0.15) is 0 Å². The molecule has 0 aromatic heterocycles. The second kappa shape index (κ2) is 0.510. The van der Waals surface area contributed by atoms with E-state index in [0.717, 1.165) is 0 Å². The van der Waals surface area contributed by atoms with Gasteiger partial charge in [-0.05, 0) is 0 Å². The molecule has 7 heteroatoms. The molecule has 0 fully saturated rings. The molecule has 0 bridgehead atoms. The molecule has 0 spiro atoms. The van der Waals surface area contributed by atoms with Crippen molar-refractivity contribution in [2.45, 2.75) is 0 Å². The van der Waals surface area contributed by atoms with Gasteiger partial charge in [-0.25, -0.2) is 0 Å². The van der Waals surface area contributed by atoms with Crippen molar-refractivity contribution in [2.24, 2.45) is 0 Å². The maximum atomic E-state index is 8.65. The van der Waals surface area contributed by atoms with E-state index in [2.05, 4.69) is 0 Å². The van der Waals surface area contributed by atoms with Gasteiger partial charge in [0.15, 0.2) is 0 Å². The van der Waals surface area contributed by atoms with Gasteiger partial charge < -0.3 is 0 Å². The summed E-state index contributed by atoms with van der Waals surface area (Å²) >= 11 is -9.55. The first kappa shape index (κ1) is 6.42. The second-order valence-electron chi connectivity index (χ2n) is 0.884. The van der Waals surface area contributed by atoms with Gasteiger partial charge >= 0.3 is 33.6 Å². The minimum absolute atomic E-state index is 8.65. The first-order valence-corrected chi connectivity index (χ1v) is 5.12. The molecule has 44 valence electrons. The molecule has 0 aromatic carbocycles. The standard InChI is InChI=1S/6O.Ru. The van der Waals surface area contributed by atoms with Crippen LogP contribution in [0.2, 0.25) is 0 Å². The van der Waals surface area contributed by atoms with E-state index in [-0.39, 0.29) is 0 Å². The van der Waals surface area contributed by atoms with Gasteiger partial charge in [0.25, 0.3) is 0 Å². The number of hydrogen-bond donors (Lipinski definition) is 0. The van der Waals surface area contributed by atoms with E-state index in [1.165, 1.54) is 0 Å². The summed E-state index contributed by atoms with van der Waals surface area (Å²) in [7, 11) is 0. The van der Waals surface area contributed by atoms with Crippen LogP contribution in [0.4, 0.5) is 0 Å². The Morgan fingerprint density at radius 2 is 0.571 bits per heavy atom. The third-order valence-electron chi connectivity index (χ3n) is 0. The molecule has 0 heterocycles. The fraction of sp³-hybridized carbons (Fsp3) is 0. The Bertz CT molecular complexity index is 432. The van der Waals surface area contributed by atoms with Crippen molar-refractivity contribution in [2.75, 3.05) is 0 Å². The molecule has 0 aromatic rings. The van der Waals surface area contributed by atoms with Gasteiger partial charge in [0.2, 0.25) is 0 Å². The van der Waals surface area contributed by atoms with Crippen molar-refractivity contribution >= 4 is 0 Å². The summed E-state index contributed by atoms with van der Waals surface area (Å²) in [6.07, 6.45) is 0. The summed E-state index contributed by atoms with van der Waals surface area (Å²) in [5, 5.41) is 0. The van der Waals surface area contributed by atoms with Crippen LogP contribution in [0.5, 0.6) is 0 Å². The van der Waals surface area contributed by atoms with Crippen LogP contribution in [0.25, 0.3) is 0 Å². The van der Waals surface area contributed by atoms with Crippen molar-refractivity contribution in [3.8, 4) is 0 Å². The Labute approximate surface area is 34.4 Å². The van der Waals surface area contributed by atoms with Gasteiger partial charge in [-0.2, -0.15) is 0 Å². The summed E-state index contributed by atoms with van der Waals surface area (Å²) < 4.78 is 51.9. The zero-order valence-corrected chi connectivity index (χ0v) is 4.54. The monoisotopic (exact) mass is 198 g/mol. The Kier molecular flexibility index (Phi) is 0.468. The Hall–Kier alpha value is -0.577. The molecular formula is O6Ru. The van der Waals surface area contributed by atoms with E-state index in [9.17, 15) is 0 Å². The molecule has 0 amide bonds. The van der Waals surface area contributed by atoms with Crippen LogP contribution < -0.4 is 0 Å². The quantitative estimate of drug-likeness (QED) is 0.475. The average Bonchev–Trinajstić information content (AvgIpc) is 0.592. The first-order chi connectivity index (χ1) is 2.45. The molecule has 0 unspecified atom stereocenters. The van der Waals surface area contributed by atoms with Crippen LogP contribution >= 0.6 is 0 Å². The fourth-order valence-electron chi connectivity index (χ4n) is 0. The molecule has 0 aliphatic heterocycles. The van der Waals surface area contributed by atoms with Crippen molar-refractivity contribution in [1.29, 1.82) is 0 Å². The minimum atomic E-state index is -9.55. The van der Waals surface area contributed by atoms with Gasteiger partial charge in [-0.1, -0.05) is 0 Å². The molecule has 6 nitrogen and oxygen atoms in total. The Morgan fingerprint density at radius 1 is 0.571 bits per heavy atom. The predicted molar refractivity (Wildman–Crippen MR) is 4.12 cm³/mol. The van der Waals surface area contributed by atoms with Crippen LogP contribution in [0.1, 0.15) is 0 Å². The third-order valence-corrected chi connectivity index (χ3v) is 0. The summed E-state index contributed by atoms with van der Waals surface area (Å²) in [5.41, 5.74) is 0. The SMILES string of the molecule is [O]=[Ru](=[O])(=[O])(=[O])(=[O])=[O]. The van der Waals surface area contributed by atoms with Crippen molar-refractivity contribution in [3.63, 3.8) is 0 Å². The molecule has 0 radical (unpaired) electrons. The van der Waals surface area contributed by atoms with Crippen LogP contribution in [0, 0.1) is 0 Å². The van der Waals surface area contributed by atoms with E-state index in [0.29, 0.717) is 0 Å². The van der Waals surface area contributed by atoms with E-state index in [1.807, 2.05) is 0 Å². The summed E-state index contributed by atoms with van der Waals surface area (Å²) in [6, 6.07) is 0. The molecule has 0 aliphatic rings. The Balaban J connectivity index is 8.86. The molecule has 0 aliphatic carbocycles. The molecule has 0 saturated carbocycles. The van der Waals surface area contributed by atoms with Gasteiger partial charge in [0.05, 0.1) is 0 Å². The zero-order valence-electron chi connectivity index (χ0n) is 2.80. The fourth-order valence-corrected chi connectivity index (χ4v) is 0. The van der Waals surface area contributed by atoms with Crippen molar-refractivity contribution in [3.05, 3.63) is 0 Å². The second-order valence-corrected chi connectivity index (χ2v) is 5.23. The molecule has 0 atom stereocenters. The van der Waals surface area contributed by atoms with Gasteiger partial charge in [-0.15, -0.1) is 0 Å². The van der Waals surface area contributed by atoms with Crippen LogP contribution in [-0.4, -0.2) is 0 Å². The molecule has 0 saturated heterocycles. The molecular weight excluding hydrogens is 197 g/mol. The first-order valence-electron chi connectivity index (χ1n) is 0.866. The van der Waals surface area contributed by atoms with Gasteiger partial charge in [-0.3, -0.25) is 0 Å². The average molecular weight is 197 g/mol. The van der Waals surface area contributed by atoms with Gasteiger partial charge in [0, 0.05) is 0 Å². The summed E-state index contributed by atoms with van der Waals surface area (Å²) in [4.78, 5) is 0. The summed E-state index contributed by atoms with van der Waals surface area (Å²) in [6.45, 7) is 0. The van der Waals surface area contributed by atoms with Crippen LogP contribution in [0.3, 0.4) is 0 Å². The van der Waals surface area contributed by atoms with E-state index in [1.54, 1.807) is 0 Å². The van der Waals surface area contributed by atoms with Crippen molar-refractivity contribution in [1.82, 2.24) is 0 Å². The molecule has 0 N–H and O–H groups in total. The van der Waals surface area contributed by atoms with Crippen molar-refractivity contribution < 1.29 is 33.6 Å². The topological polar surface area (TPSA) is 102 Å². The van der Waals surface area contributed by atoms with Crippen LogP contribution in [0.15, 0.2) is 0 Å². The number of hydrogen-bond acceptors (Lipinski definition) is 6. The predicted octanol–water partition coefficient (Wildman–Crippen LogP) is -0.715. The number of rotatable bonds is 0. The van der Waals surface area contributed by atoms with E-state index < -0.39 is 12.1 Å². The third kappa shape index (κ3) is 191. The normalized spacial score (nSPS) is 17.1. The molecule has 0 rings (SSSR count). The van der Waals surface area contributed by atoms with E-state index in [4.69, 9.17) is 21.4 Å². The molecule has 7 heavy (non-hydrogen) atoms. The summed E-state index contributed by atoms with van der Waals surface area (Å²) in [5.74, 6) is 0. The van der Waals surface area contributed by atoms with Crippen LogP contribution in [-0.2, 0) is 33.6 Å². The zero-order chi connectivity index (χ0) is 6.41. The maximum absolute atomic E-state index is 9.55.